The van der Waals surface area contributed by atoms with Crippen LogP contribution in [0.15, 0.2) is 30.7 Å². The minimum absolute atomic E-state index is 0.125. The van der Waals surface area contributed by atoms with Gasteiger partial charge in [0.2, 0.25) is 5.91 Å². The molecule has 0 atom stereocenters. The molecule has 4 nitrogen and oxygen atoms in total. The molecule has 2 heterocycles. The number of amides is 1. The average Bonchev–Trinajstić information content (AvgIpc) is 2.53. The van der Waals surface area contributed by atoms with Crippen molar-refractivity contribution in [3.63, 3.8) is 0 Å². The van der Waals surface area contributed by atoms with Crippen LogP contribution in [-0.4, -0.2) is 27.3 Å². The van der Waals surface area contributed by atoms with E-state index in [1.54, 1.807) is 24.7 Å². The monoisotopic (exact) mass is 335 g/mol. The standard InChI is InChI=1S/C16H15Cl2N3O/c17-13-3-1-11(14(18)7-13)2-4-16(22)21-6-5-15-12(9-21)8-19-10-20-15/h1,3,7-8,10H,2,4-6,9H2. The van der Waals surface area contributed by atoms with E-state index in [1.807, 2.05) is 11.0 Å². The minimum Gasteiger partial charge on any atom is -0.338 e. The number of rotatable bonds is 3. The molecule has 1 aromatic carbocycles. The van der Waals surface area contributed by atoms with E-state index in [-0.39, 0.29) is 5.91 Å². The molecule has 3 rings (SSSR count). The summed E-state index contributed by atoms with van der Waals surface area (Å²) in [7, 11) is 0. The van der Waals surface area contributed by atoms with Crippen molar-refractivity contribution >= 4 is 29.1 Å². The Morgan fingerprint density at radius 2 is 2.18 bits per heavy atom. The van der Waals surface area contributed by atoms with Gasteiger partial charge in [-0.1, -0.05) is 29.3 Å². The zero-order valence-corrected chi connectivity index (χ0v) is 13.4. The van der Waals surface area contributed by atoms with E-state index in [1.165, 1.54) is 0 Å². The minimum atomic E-state index is 0.125. The van der Waals surface area contributed by atoms with Crippen molar-refractivity contribution in [2.75, 3.05) is 6.54 Å². The van der Waals surface area contributed by atoms with Gasteiger partial charge in [-0.3, -0.25) is 4.79 Å². The predicted molar refractivity (Wildman–Crippen MR) is 85.9 cm³/mol. The Kier molecular flexibility index (Phi) is 4.60. The van der Waals surface area contributed by atoms with Crippen LogP contribution in [0.3, 0.4) is 0 Å². The summed E-state index contributed by atoms with van der Waals surface area (Å²) in [5, 5.41) is 1.21. The van der Waals surface area contributed by atoms with Crippen molar-refractivity contribution in [1.82, 2.24) is 14.9 Å². The van der Waals surface area contributed by atoms with Gasteiger partial charge in [0.05, 0.1) is 5.69 Å². The van der Waals surface area contributed by atoms with E-state index in [9.17, 15) is 4.79 Å². The zero-order valence-electron chi connectivity index (χ0n) is 11.9. The third-order valence-corrected chi connectivity index (χ3v) is 4.42. The summed E-state index contributed by atoms with van der Waals surface area (Å²) in [5.41, 5.74) is 3.02. The molecule has 0 aliphatic carbocycles. The SMILES string of the molecule is O=C(CCc1ccc(Cl)cc1Cl)N1CCc2ncncc2C1. The fourth-order valence-corrected chi connectivity index (χ4v) is 3.11. The van der Waals surface area contributed by atoms with Crippen molar-refractivity contribution in [3.8, 4) is 0 Å². The Balaban J connectivity index is 1.61. The van der Waals surface area contributed by atoms with E-state index < -0.39 is 0 Å². The molecule has 1 amide bonds. The highest BCUT2D eigenvalue weighted by molar-refractivity contribution is 6.35. The third-order valence-electron chi connectivity index (χ3n) is 3.84. The lowest BCUT2D eigenvalue weighted by molar-refractivity contribution is -0.132. The number of hydrogen-bond acceptors (Lipinski definition) is 3. The first-order valence-electron chi connectivity index (χ1n) is 7.13. The van der Waals surface area contributed by atoms with Crippen LogP contribution < -0.4 is 0 Å². The van der Waals surface area contributed by atoms with Gasteiger partial charge in [-0.25, -0.2) is 9.97 Å². The molecule has 0 spiro atoms. The van der Waals surface area contributed by atoms with Gasteiger partial charge in [0.15, 0.2) is 0 Å². The third kappa shape index (κ3) is 3.39. The first kappa shape index (κ1) is 15.3. The number of benzene rings is 1. The number of halogens is 2. The van der Waals surface area contributed by atoms with Gasteiger partial charge in [0.1, 0.15) is 6.33 Å². The van der Waals surface area contributed by atoms with Crippen LogP contribution in [0.1, 0.15) is 23.2 Å². The Morgan fingerprint density at radius 1 is 1.32 bits per heavy atom. The van der Waals surface area contributed by atoms with Crippen LogP contribution in [0.25, 0.3) is 0 Å². The van der Waals surface area contributed by atoms with E-state index >= 15 is 0 Å². The molecular formula is C16H15Cl2N3O. The van der Waals surface area contributed by atoms with Gasteiger partial charge in [-0.2, -0.15) is 0 Å². The molecule has 6 heteroatoms. The van der Waals surface area contributed by atoms with Gasteiger partial charge in [-0.05, 0) is 24.1 Å². The fourth-order valence-electron chi connectivity index (χ4n) is 2.60. The highest BCUT2D eigenvalue weighted by Crippen LogP contribution is 2.23. The molecule has 0 radical (unpaired) electrons. The van der Waals surface area contributed by atoms with E-state index in [4.69, 9.17) is 23.2 Å². The summed E-state index contributed by atoms with van der Waals surface area (Å²) in [6.45, 7) is 1.29. The predicted octanol–water partition coefficient (Wildman–Crippen LogP) is 3.30. The summed E-state index contributed by atoms with van der Waals surface area (Å²) in [6.07, 6.45) is 5.18. The topological polar surface area (TPSA) is 46.1 Å². The Hall–Kier alpha value is -1.65. The van der Waals surface area contributed by atoms with Crippen LogP contribution in [0.4, 0.5) is 0 Å². The molecular weight excluding hydrogens is 321 g/mol. The highest BCUT2D eigenvalue weighted by atomic mass is 35.5. The largest absolute Gasteiger partial charge is 0.338 e. The van der Waals surface area contributed by atoms with Crippen molar-refractivity contribution in [1.29, 1.82) is 0 Å². The van der Waals surface area contributed by atoms with Crippen molar-refractivity contribution in [3.05, 3.63) is 57.6 Å². The van der Waals surface area contributed by atoms with Crippen molar-refractivity contribution in [2.24, 2.45) is 0 Å². The molecule has 0 N–H and O–H groups in total. The van der Waals surface area contributed by atoms with Crippen LogP contribution in [0.2, 0.25) is 10.0 Å². The van der Waals surface area contributed by atoms with Crippen LogP contribution in [0, 0.1) is 0 Å². The van der Waals surface area contributed by atoms with Crippen molar-refractivity contribution in [2.45, 2.75) is 25.8 Å². The fraction of sp³-hybridized carbons (Fsp3) is 0.312. The second-order valence-electron chi connectivity index (χ2n) is 5.30. The van der Waals surface area contributed by atoms with E-state index in [2.05, 4.69) is 9.97 Å². The molecule has 22 heavy (non-hydrogen) atoms. The maximum atomic E-state index is 12.4. The summed E-state index contributed by atoms with van der Waals surface area (Å²) in [6, 6.07) is 5.37. The quantitative estimate of drug-likeness (QED) is 0.864. The maximum absolute atomic E-state index is 12.4. The van der Waals surface area contributed by atoms with Gasteiger partial charge < -0.3 is 4.90 Å². The van der Waals surface area contributed by atoms with Crippen LogP contribution in [-0.2, 0) is 24.2 Å². The number of fused-ring (bicyclic) bond motifs is 1. The van der Waals surface area contributed by atoms with Crippen molar-refractivity contribution < 1.29 is 4.79 Å². The molecule has 0 fully saturated rings. The molecule has 0 bridgehead atoms. The highest BCUT2D eigenvalue weighted by Gasteiger charge is 2.21. The number of nitrogens with zero attached hydrogens (tertiary/aromatic N) is 3. The molecule has 114 valence electrons. The summed E-state index contributed by atoms with van der Waals surface area (Å²) in [4.78, 5) is 22.5. The number of carbonyl (C=O) groups excluding carboxylic acids is 1. The Morgan fingerprint density at radius 3 is 3.00 bits per heavy atom. The van der Waals surface area contributed by atoms with Crippen LogP contribution >= 0.6 is 23.2 Å². The molecule has 1 aromatic heterocycles. The first-order chi connectivity index (χ1) is 10.6. The Labute approximate surface area is 139 Å². The number of hydrogen-bond donors (Lipinski definition) is 0. The molecule has 0 unspecified atom stereocenters. The van der Waals surface area contributed by atoms with E-state index in [0.717, 1.165) is 23.2 Å². The van der Waals surface area contributed by atoms with Gasteiger partial charge in [-0.15, -0.1) is 0 Å². The second kappa shape index (κ2) is 6.63. The lowest BCUT2D eigenvalue weighted by atomic mass is 10.1. The lowest BCUT2D eigenvalue weighted by Gasteiger charge is -2.28. The second-order valence-corrected chi connectivity index (χ2v) is 6.14. The maximum Gasteiger partial charge on any atom is 0.223 e. The molecule has 1 aliphatic rings. The molecule has 0 saturated heterocycles. The average molecular weight is 336 g/mol. The normalized spacial score (nSPS) is 13.8. The number of aromatic nitrogens is 2. The molecule has 0 saturated carbocycles. The zero-order chi connectivity index (χ0) is 15.5. The number of aryl methyl sites for hydroxylation is 1. The van der Waals surface area contributed by atoms with E-state index in [0.29, 0.717) is 36.0 Å². The van der Waals surface area contributed by atoms with Crippen LogP contribution in [0.5, 0.6) is 0 Å². The summed E-state index contributed by atoms with van der Waals surface area (Å²) < 4.78 is 0. The molecule has 1 aliphatic heterocycles. The smallest absolute Gasteiger partial charge is 0.223 e. The molecule has 2 aromatic rings. The first-order valence-corrected chi connectivity index (χ1v) is 7.88. The van der Waals surface area contributed by atoms with Gasteiger partial charge >= 0.3 is 0 Å². The summed E-state index contributed by atoms with van der Waals surface area (Å²) >= 11 is 12.0. The van der Waals surface area contributed by atoms with Gasteiger partial charge in [0, 0.05) is 47.7 Å². The summed E-state index contributed by atoms with van der Waals surface area (Å²) in [5.74, 6) is 0.125. The lowest BCUT2D eigenvalue weighted by Crippen LogP contribution is -2.36. The van der Waals surface area contributed by atoms with Gasteiger partial charge in [0.25, 0.3) is 0 Å². The number of carbonyl (C=O) groups is 1. The Bertz CT molecular complexity index is 706.